The molecule has 0 saturated heterocycles. The van der Waals surface area contributed by atoms with Crippen LogP contribution in [0.15, 0.2) is 6.07 Å². The normalized spacial score (nSPS) is 10.9. The molecule has 0 spiro atoms. The molecule has 0 fully saturated rings. The van der Waals surface area contributed by atoms with Crippen LogP contribution in [0.1, 0.15) is 30.9 Å². The largest absolute Gasteiger partial charge is 0.179 e. The molecular weight excluding hydrogens is 197 g/mol. The van der Waals surface area contributed by atoms with Gasteiger partial charge in [-0.15, -0.1) is 0 Å². The molecule has 0 amide bonds. The van der Waals surface area contributed by atoms with E-state index in [0.29, 0.717) is 5.92 Å². The van der Waals surface area contributed by atoms with Crippen LogP contribution in [0.2, 0.25) is 0 Å². The Balaban J connectivity index is 3.31. The molecule has 0 heterocycles. The zero-order chi connectivity index (χ0) is 11.6. The standard InChI is InChI=1S/C11H19B3S/c1-6(2)8-5-9(12)7(3-4-15)10(13)11(8)14/h5-6,15H,3-4,12-14H2,1-2H3. The predicted molar refractivity (Wildman–Crippen MR) is 82.6 cm³/mol. The van der Waals surface area contributed by atoms with Gasteiger partial charge in [0.2, 0.25) is 0 Å². The fraction of sp³-hybridized carbons (Fsp3) is 0.455. The van der Waals surface area contributed by atoms with Crippen molar-refractivity contribution in [1.29, 1.82) is 0 Å². The Hall–Kier alpha value is -0.235. The molecule has 0 unspecified atom stereocenters. The minimum atomic E-state index is 0.618. The third-order valence-electron chi connectivity index (χ3n) is 3.28. The molecule has 1 aromatic rings. The maximum Gasteiger partial charge on any atom is 0.139 e. The Kier molecular flexibility index (Phi) is 4.45. The average Bonchev–Trinajstić information content (AvgIpc) is 2.18. The molecule has 1 aromatic carbocycles. The van der Waals surface area contributed by atoms with Gasteiger partial charge in [-0.25, -0.2) is 0 Å². The van der Waals surface area contributed by atoms with Gasteiger partial charge in [0.05, 0.1) is 0 Å². The highest BCUT2D eigenvalue weighted by Crippen LogP contribution is 2.09. The molecule has 15 heavy (non-hydrogen) atoms. The van der Waals surface area contributed by atoms with Crippen LogP contribution in [0.3, 0.4) is 0 Å². The molecule has 0 bridgehead atoms. The summed E-state index contributed by atoms with van der Waals surface area (Å²) in [7, 11) is 6.70. The van der Waals surface area contributed by atoms with Gasteiger partial charge in [-0.2, -0.15) is 12.6 Å². The van der Waals surface area contributed by atoms with Crippen molar-refractivity contribution in [3.05, 3.63) is 17.2 Å². The van der Waals surface area contributed by atoms with Crippen molar-refractivity contribution in [3.63, 3.8) is 0 Å². The second-order valence-electron chi connectivity index (χ2n) is 4.64. The van der Waals surface area contributed by atoms with Crippen LogP contribution >= 0.6 is 12.6 Å². The van der Waals surface area contributed by atoms with Gasteiger partial charge >= 0.3 is 0 Å². The van der Waals surface area contributed by atoms with Crippen molar-refractivity contribution in [3.8, 4) is 0 Å². The zero-order valence-corrected chi connectivity index (χ0v) is 11.4. The minimum Gasteiger partial charge on any atom is -0.179 e. The number of benzene rings is 1. The average molecular weight is 216 g/mol. The van der Waals surface area contributed by atoms with E-state index in [9.17, 15) is 0 Å². The summed E-state index contributed by atoms with van der Waals surface area (Å²) in [6.07, 6.45) is 1.08. The smallest absolute Gasteiger partial charge is 0.139 e. The highest BCUT2D eigenvalue weighted by molar-refractivity contribution is 7.80. The van der Waals surface area contributed by atoms with Crippen molar-refractivity contribution in [2.24, 2.45) is 0 Å². The Morgan fingerprint density at radius 3 is 2.27 bits per heavy atom. The van der Waals surface area contributed by atoms with E-state index in [4.69, 9.17) is 0 Å². The van der Waals surface area contributed by atoms with Gasteiger partial charge in [0, 0.05) is 0 Å². The summed E-state index contributed by atoms with van der Waals surface area (Å²) in [5.41, 5.74) is 7.34. The minimum absolute atomic E-state index is 0.618. The van der Waals surface area contributed by atoms with Crippen molar-refractivity contribution < 1.29 is 0 Å². The van der Waals surface area contributed by atoms with Crippen molar-refractivity contribution >= 4 is 52.6 Å². The van der Waals surface area contributed by atoms with E-state index in [2.05, 4.69) is 56.1 Å². The maximum atomic E-state index is 4.33. The Labute approximate surface area is 102 Å². The summed E-state index contributed by atoms with van der Waals surface area (Å²) < 4.78 is 0. The highest BCUT2D eigenvalue weighted by atomic mass is 32.1. The molecule has 78 valence electrons. The quantitative estimate of drug-likeness (QED) is 0.440. The Morgan fingerprint density at radius 1 is 1.20 bits per heavy atom. The molecule has 0 aromatic heterocycles. The predicted octanol–water partition coefficient (Wildman–Crippen LogP) is -1.94. The molecular formula is C11H19B3S. The van der Waals surface area contributed by atoms with Crippen LogP contribution < -0.4 is 16.4 Å². The van der Waals surface area contributed by atoms with Gasteiger partial charge in [-0.3, -0.25) is 0 Å². The molecule has 0 aliphatic rings. The second kappa shape index (κ2) is 5.20. The summed E-state index contributed by atoms with van der Waals surface area (Å²) in [6.45, 7) is 4.53. The fourth-order valence-electron chi connectivity index (χ4n) is 2.26. The number of rotatable bonds is 3. The molecule has 0 radical (unpaired) electrons. The van der Waals surface area contributed by atoms with Gasteiger partial charge in [-0.05, 0) is 18.1 Å². The lowest BCUT2D eigenvalue weighted by Crippen LogP contribution is -2.38. The first-order chi connectivity index (χ1) is 6.99. The van der Waals surface area contributed by atoms with Gasteiger partial charge in [0.1, 0.15) is 23.5 Å². The maximum absolute atomic E-state index is 4.33. The Morgan fingerprint density at radius 2 is 1.80 bits per heavy atom. The summed E-state index contributed by atoms with van der Waals surface area (Å²) in [6, 6.07) is 2.35. The third kappa shape index (κ3) is 2.66. The van der Waals surface area contributed by atoms with Crippen molar-refractivity contribution in [1.82, 2.24) is 0 Å². The van der Waals surface area contributed by atoms with Crippen LogP contribution in [-0.4, -0.2) is 29.3 Å². The number of thiol groups is 1. The molecule has 0 N–H and O–H groups in total. The lowest BCUT2D eigenvalue weighted by Gasteiger charge is -2.19. The second-order valence-corrected chi connectivity index (χ2v) is 5.09. The summed E-state index contributed by atoms with van der Waals surface area (Å²) >= 11 is 4.33. The molecule has 0 nitrogen and oxygen atoms in total. The summed E-state index contributed by atoms with van der Waals surface area (Å²) in [4.78, 5) is 0. The van der Waals surface area contributed by atoms with Crippen LogP contribution in [0.25, 0.3) is 0 Å². The third-order valence-corrected chi connectivity index (χ3v) is 3.50. The summed E-state index contributed by atoms with van der Waals surface area (Å²) in [5, 5.41) is 0. The van der Waals surface area contributed by atoms with Crippen molar-refractivity contribution in [2.75, 3.05) is 5.75 Å². The number of hydrogen-bond donors (Lipinski definition) is 1. The van der Waals surface area contributed by atoms with E-state index in [-0.39, 0.29) is 0 Å². The molecule has 0 atom stereocenters. The lowest BCUT2D eigenvalue weighted by atomic mass is 9.68. The zero-order valence-electron chi connectivity index (χ0n) is 10.5. The molecule has 0 aliphatic carbocycles. The van der Waals surface area contributed by atoms with Crippen LogP contribution in [0.5, 0.6) is 0 Å². The van der Waals surface area contributed by atoms with Gasteiger partial charge < -0.3 is 0 Å². The van der Waals surface area contributed by atoms with Gasteiger partial charge in [0.25, 0.3) is 0 Å². The topological polar surface area (TPSA) is 0 Å². The van der Waals surface area contributed by atoms with E-state index < -0.39 is 0 Å². The van der Waals surface area contributed by atoms with Crippen molar-refractivity contribution in [2.45, 2.75) is 26.2 Å². The van der Waals surface area contributed by atoms with Gasteiger partial charge in [0.15, 0.2) is 0 Å². The van der Waals surface area contributed by atoms with Crippen LogP contribution in [0, 0.1) is 0 Å². The van der Waals surface area contributed by atoms with E-state index in [1.165, 1.54) is 27.5 Å². The summed E-state index contributed by atoms with van der Waals surface area (Å²) in [5.74, 6) is 1.55. The van der Waals surface area contributed by atoms with E-state index >= 15 is 0 Å². The molecule has 0 saturated carbocycles. The van der Waals surface area contributed by atoms with E-state index in [0.717, 1.165) is 12.2 Å². The van der Waals surface area contributed by atoms with Crippen LogP contribution in [-0.2, 0) is 6.42 Å². The monoisotopic (exact) mass is 216 g/mol. The Bertz CT molecular complexity index is 361. The fourth-order valence-corrected chi connectivity index (χ4v) is 2.49. The molecule has 4 heteroatoms. The SMILES string of the molecule is Bc1cc(C(C)C)c(B)c(B)c1CCS. The molecule has 1 rings (SSSR count). The highest BCUT2D eigenvalue weighted by Gasteiger charge is 2.10. The van der Waals surface area contributed by atoms with E-state index in [1.807, 2.05) is 0 Å². The lowest BCUT2D eigenvalue weighted by molar-refractivity contribution is 0.874. The van der Waals surface area contributed by atoms with Gasteiger partial charge in [-0.1, -0.05) is 47.4 Å². The molecule has 0 aliphatic heterocycles. The first-order valence-corrected chi connectivity index (χ1v) is 6.32. The first kappa shape index (κ1) is 12.8. The van der Waals surface area contributed by atoms with Crippen LogP contribution in [0.4, 0.5) is 0 Å². The number of hydrogen-bond acceptors (Lipinski definition) is 1. The first-order valence-electron chi connectivity index (χ1n) is 5.69. The van der Waals surface area contributed by atoms with E-state index in [1.54, 1.807) is 0 Å².